The standard InChI is InChI=1S/C19H21ClN2O2S/c1-13(2)24-17-7-4-14(5-8-17)12-21-22-19(23)11-15-10-16(20)6-9-18(15)25-3/h4-10,12-13H,11H2,1-3H3,(H,22,23)/b21-12-. The number of thioether (sulfide) groups is 1. The van der Waals surface area contributed by atoms with Gasteiger partial charge in [0.15, 0.2) is 0 Å². The maximum Gasteiger partial charge on any atom is 0.244 e. The molecule has 0 heterocycles. The second-order valence-corrected chi connectivity index (χ2v) is 6.95. The summed E-state index contributed by atoms with van der Waals surface area (Å²) in [5.41, 5.74) is 4.31. The fourth-order valence-electron chi connectivity index (χ4n) is 2.18. The van der Waals surface area contributed by atoms with E-state index in [0.29, 0.717) is 5.02 Å². The zero-order valence-corrected chi connectivity index (χ0v) is 16.0. The molecule has 1 amide bonds. The Morgan fingerprint density at radius 3 is 2.64 bits per heavy atom. The van der Waals surface area contributed by atoms with Crippen LogP contribution in [-0.4, -0.2) is 24.5 Å². The number of rotatable bonds is 7. The molecule has 0 aliphatic carbocycles. The minimum absolute atomic E-state index is 0.136. The summed E-state index contributed by atoms with van der Waals surface area (Å²) in [5.74, 6) is 0.621. The van der Waals surface area contributed by atoms with Gasteiger partial charge in [0.2, 0.25) is 5.91 Å². The summed E-state index contributed by atoms with van der Waals surface area (Å²) >= 11 is 7.59. The lowest BCUT2D eigenvalue weighted by atomic mass is 10.1. The second kappa shape index (κ2) is 9.49. The highest BCUT2D eigenvalue weighted by molar-refractivity contribution is 7.98. The minimum Gasteiger partial charge on any atom is -0.491 e. The molecule has 25 heavy (non-hydrogen) atoms. The van der Waals surface area contributed by atoms with E-state index >= 15 is 0 Å². The first-order valence-electron chi connectivity index (χ1n) is 7.89. The molecule has 132 valence electrons. The highest BCUT2D eigenvalue weighted by atomic mass is 35.5. The third-order valence-electron chi connectivity index (χ3n) is 3.25. The van der Waals surface area contributed by atoms with Gasteiger partial charge in [0.05, 0.1) is 18.7 Å². The Hall–Kier alpha value is -1.98. The van der Waals surface area contributed by atoms with Crippen LogP contribution in [0.5, 0.6) is 5.75 Å². The smallest absolute Gasteiger partial charge is 0.244 e. The van der Waals surface area contributed by atoms with E-state index in [0.717, 1.165) is 21.8 Å². The number of hydrogen-bond donors (Lipinski definition) is 1. The Labute approximate surface area is 157 Å². The maximum absolute atomic E-state index is 12.1. The number of halogens is 1. The van der Waals surface area contributed by atoms with E-state index in [1.807, 2.05) is 62.6 Å². The minimum atomic E-state index is -0.187. The highest BCUT2D eigenvalue weighted by Crippen LogP contribution is 2.24. The van der Waals surface area contributed by atoms with Crippen LogP contribution in [0.1, 0.15) is 25.0 Å². The summed E-state index contributed by atoms with van der Waals surface area (Å²) < 4.78 is 5.58. The van der Waals surface area contributed by atoms with E-state index < -0.39 is 0 Å². The monoisotopic (exact) mass is 376 g/mol. The van der Waals surface area contributed by atoms with E-state index in [1.165, 1.54) is 0 Å². The fourth-order valence-corrected chi connectivity index (χ4v) is 2.97. The topological polar surface area (TPSA) is 50.7 Å². The molecule has 0 aliphatic rings. The van der Waals surface area contributed by atoms with Crippen LogP contribution in [0.3, 0.4) is 0 Å². The van der Waals surface area contributed by atoms with E-state index in [2.05, 4.69) is 10.5 Å². The van der Waals surface area contributed by atoms with Crippen molar-refractivity contribution in [3.05, 3.63) is 58.6 Å². The van der Waals surface area contributed by atoms with E-state index in [4.69, 9.17) is 16.3 Å². The molecular weight excluding hydrogens is 356 g/mol. The van der Waals surface area contributed by atoms with Gasteiger partial charge in [-0.15, -0.1) is 11.8 Å². The molecule has 2 aromatic rings. The summed E-state index contributed by atoms with van der Waals surface area (Å²) in [6.07, 6.45) is 3.94. The molecule has 4 nitrogen and oxygen atoms in total. The largest absolute Gasteiger partial charge is 0.491 e. The van der Waals surface area contributed by atoms with E-state index in [9.17, 15) is 4.79 Å². The zero-order chi connectivity index (χ0) is 18.2. The molecule has 1 N–H and O–H groups in total. The summed E-state index contributed by atoms with van der Waals surface area (Å²) in [6, 6.07) is 13.1. The molecule has 2 aromatic carbocycles. The molecule has 0 radical (unpaired) electrons. The van der Waals surface area contributed by atoms with Crippen molar-refractivity contribution >= 4 is 35.5 Å². The predicted molar refractivity (Wildman–Crippen MR) is 105 cm³/mol. The molecule has 0 fully saturated rings. The van der Waals surface area contributed by atoms with Gasteiger partial charge in [-0.25, -0.2) is 5.43 Å². The normalized spacial score (nSPS) is 11.1. The molecule has 0 unspecified atom stereocenters. The van der Waals surface area contributed by atoms with Crippen molar-refractivity contribution in [2.24, 2.45) is 5.10 Å². The molecule has 0 aliphatic heterocycles. The van der Waals surface area contributed by atoms with Crippen molar-refractivity contribution in [2.45, 2.75) is 31.3 Å². The Morgan fingerprint density at radius 2 is 2.00 bits per heavy atom. The number of amides is 1. The summed E-state index contributed by atoms with van der Waals surface area (Å²) in [4.78, 5) is 13.1. The number of benzene rings is 2. The molecule has 6 heteroatoms. The third kappa shape index (κ3) is 6.44. The van der Waals surface area contributed by atoms with Crippen molar-refractivity contribution in [1.29, 1.82) is 0 Å². The molecule has 0 saturated heterocycles. The first-order valence-corrected chi connectivity index (χ1v) is 9.49. The van der Waals surface area contributed by atoms with Gasteiger partial charge >= 0.3 is 0 Å². The van der Waals surface area contributed by atoms with Gasteiger partial charge in [0, 0.05) is 9.92 Å². The predicted octanol–water partition coefficient (Wildman–Crippen LogP) is 4.54. The first-order chi connectivity index (χ1) is 12.0. The van der Waals surface area contributed by atoms with Crippen LogP contribution >= 0.6 is 23.4 Å². The van der Waals surface area contributed by atoms with Crippen molar-refractivity contribution < 1.29 is 9.53 Å². The van der Waals surface area contributed by atoms with Gasteiger partial charge in [-0.1, -0.05) is 11.6 Å². The quantitative estimate of drug-likeness (QED) is 0.438. The van der Waals surface area contributed by atoms with Crippen LogP contribution in [-0.2, 0) is 11.2 Å². The highest BCUT2D eigenvalue weighted by Gasteiger charge is 2.08. The lowest BCUT2D eigenvalue weighted by Crippen LogP contribution is -2.20. The molecule has 0 spiro atoms. The van der Waals surface area contributed by atoms with Crippen LogP contribution in [0.4, 0.5) is 0 Å². The second-order valence-electron chi connectivity index (χ2n) is 5.66. The number of carbonyl (C=O) groups is 1. The number of carbonyl (C=O) groups excluding carboxylic acids is 1. The number of hydrogen-bond acceptors (Lipinski definition) is 4. The Bertz CT molecular complexity index is 746. The van der Waals surface area contributed by atoms with Gasteiger partial charge in [-0.3, -0.25) is 4.79 Å². The fraction of sp³-hybridized carbons (Fsp3) is 0.263. The lowest BCUT2D eigenvalue weighted by molar-refractivity contribution is -0.120. The first kappa shape index (κ1) is 19.3. The van der Waals surface area contributed by atoms with Gasteiger partial charge < -0.3 is 4.74 Å². The summed E-state index contributed by atoms with van der Waals surface area (Å²) in [5, 5.41) is 4.62. The van der Waals surface area contributed by atoms with E-state index in [-0.39, 0.29) is 18.4 Å². The molecule has 0 aromatic heterocycles. The average Bonchev–Trinajstić information content (AvgIpc) is 2.56. The van der Waals surface area contributed by atoms with Gasteiger partial charge in [0.25, 0.3) is 0 Å². The Balaban J connectivity index is 1.91. The average molecular weight is 377 g/mol. The lowest BCUT2D eigenvalue weighted by Gasteiger charge is -2.09. The summed E-state index contributed by atoms with van der Waals surface area (Å²) in [6.45, 7) is 3.96. The van der Waals surface area contributed by atoms with Crippen LogP contribution < -0.4 is 10.2 Å². The van der Waals surface area contributed by atoms with Crippen LogP contribution in [0.25, 0.3) is 0 Å². The number of ether oxygens (including phenoxy) is 1. The summed E-state index contributed by atoms with van der Waals surface area (Å²) in [7, 11) is 0. The van der Waals surface area contributed by atoms with Crippen molar-refractivity contribution in [1.82, 2.24) is 5.43 Å². The van der Waals surface area contributed by atoms with E-state index in [1.54, 1.807) is 18.0 Å². The SMILES string of the molecule is CSc1ccc(Cl)cc1CC(=O)N/N=C\c1ccc(OC(C)C)cc1. The van der Waals surface area contributed by atoms with Crippen LogP contribution in [0.15, 0.2) is 52.5 Å². The van der Waals surface area contributed by atoms with Crippen molar-refractivity contribution in [3.8, 4) is 5.75 Å². The van der Waals surface area contributed by atoms with Gasteiger partial charge in [0.1, 0.15) is 5.75 Å². The number of hydrazone groups is 1. The van der Waals surface area contributed by atoms with Crippen molar-refractivity contribution in [3.63, 3.8) is 0 Å². The third-order valence-corrected chi connectivity index (χ3v) is 4.32. The zero-order valence-electron chi connectivity index (χ0n) is 14.5. The number of nitrogens with zero attached hydrogens (tertiary/aromatic N) is 1. The molecule has 0 atom stereocenters. The maximum atomic E-state index is 12.1. The molecule has 0 saturated carbocycles. The van der Waals surface area contributed by atoms with Gasteiger partial charge in [-0.05, 0) is 73.7 Å². The number of nitrogens with one attached hydrogen (secondary N) is 1. The van der Waals surface area contributed by atoms with Gasteiger partial charge in [-0.2, -0.15) is 5.10 Å². The molecular formula is C19H21ClN2O2S. The van der Waals surface area contributed by atoms with Crippen LogP contribution in [0, 0.1) is 0 Å². The molecule has 2 rings (SSSR count). The van der Waals surface area contributed by atoms with Crippen molar-refractivity contribution in [2.75, 3.05) is 6.26 Å². The Kier molecular flexibility index (Phi) is 7.34. The Morgan fingerprint density at radius 1 is 1.28 bits per heavy atom. The molecule has 0 bridgehead atoms. The van der Waals surface area contributed by atoms with Crippen LogP contribution in [0.2, 0.25) is 5.02 Å².